The van der Waals surface area contributed by atoms with Gasteiger partial charge in [0.15, 0.2) is 6.29 Å². The number of carbonyl (C=O) groups excluding carboxylic acids is 2. The van der Waals surface area contributed by atoms with Crippen LogP contribution < -0.4 is 0 Å². The average Bonchev–Trinajstić information content (AvgIpc) is 1.89. The minimum absolute atomic E-state index is 0.158. The van der Waals surface area contributed by atoms with E-state index in [1.54, 1.807) is 0 Å². The first-order valence-corrected chi connectivity index (χ1v) is 2.91. The molecule has 0 radical (unpaired) electrons. The Balaban J connectivity index is 3.59. The molecule has 0 aliphatic rings. The summed E-state index contributed by atoms with van der Waals surface area (Å²) < 4.78 is 4.62. The van der Waals surface area contributed by atoms with Crippen molar-refractivity contribution < 1.29 is 19.4 Å². The van der Waals surface area contributed by atoms with Gasteiger partial charge in [0.2, 0.25) is 0 Å². The molecule has 0 heterocycles. The summed E-state index contributed by atoms with van der Waals surface area (Å²) in [5.74, 6) is 0. The van der Waals surface area contributed by atoms with E-state index in [1.165, 1.54) is 6.92 Å². The van der Waals surface area contributed by atoms with Crippen LogP contribution in [-0.2, 0) is 14.3 Å². The highest BCUT2D eigenvalue weighted by Crippen LogP contribution is 1.93. The van der Waals surface area contributed by atoms with Crippen molar-refractivity contribution in [2.24, 2.45) is 0 Å². The van der Waals surface area contributed by atoms with Crippen LogP contribution in [0.15, 0.2) is 0 Å². The fourth-order valence-corrected chi connectivity index (χ4v) is 0.443. The zero-order valence-corrected chi connectivity index (χ0v) is 5.69. The summed E-state index contributed by atoms with van der Waals surface area (Å²) in [7, 11) is 0. The molecular weight excluding hydrogens is 136 g/mol. The van der Waals surface area contributed by atoms with Crippen LogP contribution in [0.5, 0.6) is 0 Å². The molecule has 58 valence electrons. The molecule has 0 saturated carbocycles. The third-order valence-electron chi connectivity index (χ3n) is 0.966. The van der Waals surface area contributed by atoms with Gasteiger partial charge < -0.3 is 19.4 Å². The Labute approximate surface area is 58.8 Å². The maximum absolute atomic E-state index is 10.1. The highest BCUT2D eigenvalue weighted by atomic mass is 16.5. The van der Waals surface area contributed by atoms with E-state index in [0.29, 0.717) is 12.6 Å². The Bertz CT molecular complexity index is 110. The molecule has 0 fully saturated rings. The first-order valence-electron chi connectivity index (χ1n) is 2.91. The number of rotatable bonds is 5. The average molecular weight is 146 g/mol. The first kappa shape index (κ1) is 9.26. The van der Waals surface area contributed by atoms with Gasteiger partial charge in [-0.2, -0.15) is 0 Å². The maximum Gasteiger partial charge on any atom is 0.151 e. The predicted octanol–water partition coefficient (Wildman–Crippen LogP) is -0.850. The van der Waals surface area contributed by atoms with E-state index < -0.39 is 12.2 Å². The van der Waals surface area contributed by atoms with E-state index in [9.17, 15) is 9.59 Å². The number of aldehydes is 2. The first-order chi connectivity index (χ1) is 4.72. The van der Waals surface area contributed by atoms with E-state index in [1.807, 2.05) is 0 Å². The van der Waals surface area contributed by atoms with Crippen LogP contribution in [0.2, 0.25) is 0 Å². The SMILES string of the molecule is C[C@H](O)[C@H](C=O)OCC=O. The molecule has 2 atom stereocenters. The highest BCUT2D eigenvalue weighted by molar-refractivity contribution is 5.58. The summed E-state index contributed by atoms with van der Waals surface area (Å²) in [6.45, 7) is 1.26. The molecule has 0 aromatic heterocycles. The molecule has 0 spiro atoms. The summed E-state index contributed by atoms with van der Waals surface area (Å²) in [6, 6.07) is 0. The van der Waals surface area contributed by atoms with Gasteiger partial charge in [0.25, 0.3) is 0 Å². The van der Waals surface area contributed by atoms with Crippen LogP contribution in [0.3, 0.4) is 0 Å². The van der Waals surface area contributed by atoms with Crippen molar-refractivity contribution in [1.82, 2.24) is 0 Å². The number of ether oxygens (including phenoxy) is 1. The van der Waals surface area contributed by atoms with Gasteiger partial charge in [0.05, 0.1) is 6.10 Å². The lowest BCUT2D eigenvalue weighted by Crippen LogP contribution is -2.28. The normalized spacial score (nSPS) is 15.8. The third kappa shape index (κ3) is 3.32. The lowest BCUT2D eigenvalue weighted by atomic mass is 10.2. The molecule has 0 aromatic rings. The molecule has 1 N–H and O–H groups in total. The van der Waals surface area contributed by atoms with Gasteiger partial charge in [0, 0.05) is 0 Å². The summed E-state index contributed by atoms with van der Waals surface area (Å²) in [5.41, 5.74) is 0. The molecule has 4 nitrogen and oxygen atoms in total. The Morgan fingerprint density at radius 1 is 1.60 bits per heavy atom. The van der Waals surface area contributed by atoms with E-state index in [-0.39, 0.29) is 6.61 Å². The van der Waals surface area contributed by atoms with E-state index >= 15 is 0 Å². The molecule has 0 aromatic carbocycles. The van der Waals surface area contributed by atoms with Crippen molar-refractivity contribution in [3.05, 3.63) is 0 Å². The van der Waals surface area contributed by atoms with Gasteiger partial charge in [-0.3, -0.25) is 0 Å². The van der Waals surface area contributed by atoms with Crippen molar-refractivity contribution in [3.63, 3.8) is 0 Å². The summed E-state index contributed by atoms with van der Waals surface area (Å²) in [6.07, 6.45) is -0.754. The van der Waals surface area contributed by atoms with E-state index in [4.69, 9.17) is 5.11 Å². The number of aliphatic hydroxyl groups excluding tert-OH is 1. The second kappa shape index (κ2) is 5.08. The van der Waals surface area contributed by atoms with Crippen molar-refractivity contribution in [1.29, 1.82) is 0 Å². The zero-order chi connectivity index (χ0) is 7.98. The van der Waals surface area contributed by atoms with Crippen LogP contribution in [0, 0.1) is 0 Å². The fraction of sp³-hybridized carbons (Fsp3) is 0.667. The third-order valence-corrected chi connectivity index (χ3v) is 0.966. The van der Waals surface area contributed by atoms with Gasteiger partial charge in [-0.05, 0) is 6.92 Å². The Hall–Kier alpha value is -0.740. The highest BCUT2D eigenvalue weighted by Gasteiger charge is 2.12. The summed E-state index contributed by atoms with van der Waals surface area (Å²) >= 11 is 0. The van der Waals surface area contributed by atoms with Crippen molar-refractivity contribution in [3.8, 4) is 0 Å². The monoisotopic (exact) mass is 146 g/mol. The molecule has 0 aliphatic carbocycles. The van der Waals surface area contributed by atoms with E-state index in [0.717, 1.165) is 0 Å². The molecule has 4 heteroatoms. The summed E-state index contributed by atoms with van der Waals surface area (Å²) in [5, 5.41) is 8.77. The topological polar surface area (TPSA) is 63.6 Å². The van der Waals surface area contributed by atoms with Crippen molar-refractivity contribution in [2.75, 3.05) is 6.61 Å². The smallest absolute Gasteiger partial charge is 0.151 e. The van der Waals surface area contributed by atoms with Gasteiger partial charge in [-0.1, -0.05) is 0 Å². The largest absolute Gasteiger partial charge is 0.390 e. The molecular formula is C6H10O4. The van der Waals surface area contributed by atoms with Crippen LogP contribution >= 0.6 is 0 Å². The predicted molar refractivity (Wildman–Crippen MR) is 33.5 cm³/mol. The van der Waals surface area contributed by atoms with Crippen LogP contribution in [0.25, 0.3) is 0 Å². The van der Waals surface area contributed by atoms with Gasteiger partial charge in [-0.15, -0.1) is 0 Å². The molecule has 10 heavy (non-hydrogen) atoms. The van der Waals surface area contributed by atoms with Crippen LogP contribution in [0.4, 0.5) is 0 Å². The minimum atomic E-state index is -0.884. The fourth-order valence-electron chi connectivity index (χ4n) is 0.443. The van der Waals surface area contributed by atoms with Gasteiger partial charge >= 0.3 is 0 Å². The number of hydrogen-bond donors (Lipinski definition) is 1. The molecule has 0 saturated heterocycles. The summed E-state index contributed by atoms with van der Waals surface area (Å²) in [4.78, 5) is 19.8. The molecule has 0 aliphatic heterocycles. The number of hydrogen-bond acceptors (Lipinski definition) is 4. The molecule has 0 amide bonds. The number of aliphatic hydroxyl groups is 1. The van der Waals surface area contributed by atoms with Crippen LogP contribution in [0.1, 0.15) is 6.92 Å². The minimum Gasteiger partial charge on any atom is -0.390 e. The maximum atomic E-state index is 10.1. The van der Waals surface area contributed by atoms with Crippen molar-refractivity contribution in [2.45, 2.75) is 19.1 Å². The Morgan fingerprint density at radius 2 is 2.20 bits per heavy atom. The standard InChI is InChI=1S/C6H10O4/c1-5(9)6(4-8)10-3-2-7/h2,4-6,9H,3H2,1H3/t5-,6-/m0/s1. The molecule has 0 rings (SSSR count). The number of carbonyl (C=O) groups is 2. The quantitative estimate of drug-likeness (QED) is 0.513. The lowest BCUT2D eigenvalue weighted by Gasteiger charge is -2.11. The second-order valence-electron chi connectivity index (χ2n) is 1.84. The van der Waals surface area contributed by atoms with Crippen LogP contribution in [-0.4, -0.2) is 36.5 Å². The second-order valence-corrected chi connectivity index (χ2v) is 1.84. The molecule has 0 unspecified atom stereocenters. The zero-order valence-electron chi connectivity index (χ0n) is 5.69. The van der Waals surface area contributed by atoms with E-state index in [2.05, 4.69) is 4.74 Å². The Kier molecular flexibility index (Phi) is 4.70. The van der Waals surface area contributed by atoms with Crippen molar-refractivity contribution >= 4 is 12.6 Å². The van der Waals surface area contributed by atoms with Gasteiger partial charge in [-0.25, -0.2) is 0 Å². The Morgan fingerprint density at radius 3 is 2.50 bits per heavy atom. The lowest BCUT2D eigenvalue weighted by molar-refractivity contribution is -0.128. The van der Waals surface area contributed by atoms with Gasteiger partial charge in [0.1, 0.15) is 19.0 Å². The molecule has 0 bridgehead atoms.